The molecule has 0 radical (unpaired) electrons. The normalized spacial score (nSPS) is 34.2. The highest BCUT2D eigenvalue weighted by Crippen LogP contribution is 2.56. The van der Waals surface area contributed by atoms with E-state index in [4.69, 9.17) is 5.73 Å². The number of fused-ring (bicyclic) bond motifs is 1. The van der Waals surface area contributed by atoms with E-state index in [0.717, 1.165) is 17.9 Å². The number of nitrogens with two attached hydrogens (primary N) is 1. The van der Waals surface area contributed by atoms with Crippen molar-refractivity contribution in [3.8, 4) is 0 Å². The number of carbonyl (C=O) groups excluding carboxylic acids is 1. The van der Waals surface area contributed by atoms with Gasteiger partial charge < -0.3 is 5.73 Å². The number of hydrogen-bond acceptors (Lipinski definition) is 2. The number of nitrogens with zero attached hydrogens (tertiary/aromatic N) is 1. The van der Waals surface area contributed by atoms with Gasteiger partial charge in [0, 0.05) is 17.0 Å². The number of rotatable bonds is 4. The first-order valence-corrected chi connectivity index (χ1v) is 10.3. The largest absolute Gasteiger partial charge is 0.366 e. The summed E-state index contributed by atoms with van der Waals surface area (Å²) in [6.07, 6.45) is 12.2. The maximum Gasteiger partial charge on any atom is 0.248 e. The molecule has 3 atom stereocenters. The summed E-state index contributed by atoms with van der Waals surface area (Å²) in [6, 6.07) is 7.04. The molecule has 4 aliphatic rings. The van der Waals surface area contributed by atoms with Gasteiger partial charge in [0.1, 0.15) is 0 Å². The number of primary amides is 1. The summed E-state index contributed by atoms with van der Waals surface area (Å²) in [7, 11) is 0. The molecule has 1 saturated heterocycles. The molecule has 1 aromatic carbocycles. The van der Waals surface area contributed by atoms with Crippen LogP contribution in [-0.4, -0.2) is 29.9 Å². The SMILES string of the molecule is NC(=O)c1ccc2c(c1)C13CCCCC1C(C2)N(CCC1CC1)CC3. The molecule has 25 heavy (non-hydrogen) atoms. The third-order valence-corrected chi connectivity index (χ3v) is 7.76. The van der Waals surface area contributed by atoms with Gasteiger partial charge in [-0.1, -0.05) is 31.7 Å². The van der Waals surface area contributed by atoms with Gasteiger partial charge in [-0.25, -0.2) is 0 Å². The van der Waals surface area contributed by atoms with E-state index in [0.29, 0.717) is 11.0 Å². The lowest BCUT2D eigenvalue weighted by molar-refractivity contribution is -0.0122. The number of benzene rings is 1. The average molecular weight is 338 g/mol. The van der Waals surface area contributed by atoms with E-state index in [-0.39, 0.29) is 5.91 Å². The predicted molar refractivity (Wildman–Crippen MR) is 99.6 cm³/mol. The molecule has 2 N–H and O–H groups in total. The van der Waals surface area contributed by atoms with Crippen LogP contribution >= 0.6 is 0 Å². The van der Waals surface area contributed by atoms with Crippen LogP contribution in [0.4, 0.5) is 0 Å². The Morgan fingerprint density at radius 2 is 2.08 bits per heavy atom. The highest BCUT2D eigenvalue weighted by molar-refractivity contribution is 5.93. The molecule has 2 saturated carbocycles. The van der Waals surface area contributed by atoms with Crippen LogP contribution in [0.1, 0.15) is 72.9 Å². The highest BCUT2D eigenvalue weighted by Gasteiger charge is 2.53. The van der Waals surface area contributed by atoms with Crippen LogP contribution in [-0.2, 0) is 11.8 Å². The van der Waals surface area contributed by atoms with Crippen LogP contribution in [0.3, 0.4) is 0 Å². The van der Waals surface area contributed by atoms with Crippen LogP contribution < -0.4 is 5.73 Å². The average Bonchev–Trinajstić information content (AvgIpc) is 3.45. The van der Waals surface area contributed by atoms with Crippen molar-refractivity contribution < 1.29 is 4.79 Å². The van der Waals surface area contributed by atoms with Crippen molar-refractivity contribution in [3.63, 3.8) is 0 Å². The second-order valence-electron chi connectivity index (χ2n) is 9.03. The van der Waals surface area contributed by atoms with Crippen molar-refractivity contribution in [1.82, 2.24) is 4.90 Å². The van der Waals surface area contributed by atoms with Crippen molar-refractivity contribution in [3.05, 3.63) is 34.9 Å². The summed E-state index contributed by atoms with van der Waals surface area (Å²) in [5.74, 6) is 1.52. The molecule has 3 fully saturated rings. The lowest BCUT2D eigenvalue weighted by Crippen LogP contribution is -2.61. The fourth-order valence-corrected chi connectivity index (χ4v) is 6.27. The summed E-state index contributed by atoms with van der Waals surface area (Å²) in [5.41, 5.74) is 9.58. The van der Waals surface area contributed by atoms with E-state index >= 15 is 0 Å². The third kappa shape index (κ3) is 2.54. The summed E-state index contributed by atoms with van der Waals surface area (Å²) >= 11 is 0. The summed E-state index contributed by atoms with van der Waals surface area (Å²) < 4.78 is 0. The lowest BCUT2D eigenvalue weighted by atomic mass is 9.52. The minimum absolute atomic E-state index is 0.282. The molecule has 0 spiro atoms. The fourth-order valence-electron chi connectivity index (χ4n) is 6.27. The van der Waals surface area contributed by atoms with Crippen LogP contribution in [0.2, 0.25) is 0 Å². The van der Waals surface area contributed by atoms with E-state index in [1.54, 1.807) is 0 Å². The van der Waals surface area contributed by atoms with E-state index in [1.807, 2.05) is 6.07 Å². The summed E-state index contributed by atoms with van der Waals surface area (Å²) in [4.78, 5) is 14.6. The van der Waals surface area contributed by atoms with Crippen LogP contribution in [0.15, 0.2) is 18.2 Å². The monoisotopic (exact) mass is 338 g/mol. The van der Waals surface area contributed by atoms with Gasteiger partial charge in [-0.3, -0.25) is 9.69 Å². The number of amides is 1. The molecule has 5 rings (SSSR count). The van der Waals surface area contributed by atoms with Crippen molar-refractivity contribution >= 4 is 5.91 Å². The first-order chi connectivity index (χ1) is 12.2. The van der Waals surface area contributed by atoms with Gasteiger partial charge >= 0.3 is 0 Å². The zero-order valence-corrected chi connectivity index (χ0v) is 15.2. The van der Waals surface area contributed by atoms with Crippen molar-refractivity contribution in [2.24, 2.45) is 17.6 Å². The highest BCUT2D eigenvalue weighted by atomic mass is 16.1. The van der Waals surface area contributed by atoms with Crippen LogP contribution in [0.25, 0.3) is 0 Å². The van der Waals surface area contributed by atoms with Crippen molar-refractivity contribution in [1.29, 1.82) is 0 Å². The minimum atomic E-state index is -0.282. The van der Waals surface area contributed by atoms with Gasteiger partial charge in [0.2, 0.25) is 5.91 Å². The number of piperidine rings is 1. The van der Waals surface area contributed by atoms with Gasteiger partial charge in [0.25, 0.3) is 0 Å². The number of likely N-dealkylation sites (tertiary alicyclic amines) is 1. The van der Waals surface area contributed by atoms with Crippen molar-refractivity contribution in [2.45, 2.75) is 69.2 Å². The van der Waals surface area contributed by atoms with Gasteiger partial charge in [0.05, 0.1) is 0 Å². The molecule has 1 amide bonds. The second kappa shape index (κ2) is 5.84. The van der Waals surface area contributed by atoms with Crippen LogP contribution in [0, 0.1) is 11.8 Å². The first-order valence-electron chi connectivity index (χ1n) is 10.3. The second-order valence-corrected chi connectivity index (χ2v) is 9.03. The van der Waals surface area contributed by atoms with Gasteiger partial charge in [-0.2, -0.15) is 0 Å². The van der Waals surface area contributed by atoms with Gasteiger partial charge in [-0.05, 0) is 80.3 Å². The molecule has 1 heterocycles. The molecule has 3 heteroatoms. The smallest absolute Gasteiger partial charge is 0.248 e. The standard InChI is InChI=1S/C22H30N2O/c23-21(25)17-7-6-16-14-20-18-3-1-2-9-22(18,19(16)13-17)10-12-24(20)11-8-15-4-5-15/h6-7,13,15,18,20H,1-5,8-12,14H2,(H2,23,25). The maximum absolute atomic E-state index is 11.7. The summed E-state index contributed by atoms with van der Waals surface area (Å²) in [6.45, 7) is 2.55. The zero-order chi connectivity index (χ0) is 17.0. The molecule has 3 aliphatic carbocycles. The van der Waals surface area contributed by atoms with Crippen molar-refractivity contribution in [2.75, 3.05) is 13.1 Å². The fraction of sp³-hybridized carbons (Fsp3) is 0.682. The first kappa shape index (κ1) is 15.9. The van der Waals surface area contributed by atoms with E-state index in [2.05, 4.69) is 17.0 Å². The Morgan fingerprint density at radius 1 is 1.20 bits per heavy atom. The Kier molecular flexibility index (Phi) is 3.70. The Balaban J connectivity index is 1.52. The molecule has 1 aromatic rings. The molecule has 3 nitrogen and oxygen atoms in total. The topological polar surface area (TPSA) is 46.3 Å². The van der Waals surface area contributed by atoms with Crippen LogP contribution in [0.5, 0.6) is 0 Å². The Bertz CT molecular complexity index is 695. The third-order valence-electron chi connectivity index (χ3n) is 7.76. The molecule has 0 aromatic heterocycles. The zero-order valence-electron chi connectivity index (χ0n) is 15.2. The molecular weight excluding hydrogens is 308 g/mol. The molecule has 134 valence electrons. The molecule has 3 unspecified atom stereocenters. The molecule has 1 aliphatic heterocycles. The predicted octanol–water partition coefficient (Wildman–Crippen LogP) is 3.64. The molecular formula is C22H30N2O. The minimum Gasteiger partial charge on any atom is -0.366 e. The van der Waals surface area contributed by atoms with Gasteiger partial charge in [0.15, 0.2) is 0 Å². The summed E-state index contributed by atoms with van der Waals surface area (Å²) in [5, 5.41) is 0. The molecule has 2 bridgehead atoms. The van der Waals surface area contributed by atoms with E-state index < -0.39 is 0 Å². The van der Waals surface area contributed by atoms with Gasteiger partial charge in [-0.15, -0.1) is 0 Å². The Hall–Kier alpha value is -1.35. The van der Waals surface area contributed by atoms with E-state index in [1.165, 1.54) is 82.0 Å². The number of carbonyl (C=O) groups is 1. The Morgan fingerprint density at radius 3 is 2.88 bits per heavy atom. The van der Waals surface area contributed by atoms with E-state index in [9.17, 15) is 4.79 Å². The Labute approximate surface area is 151 Å². The number of hydrogen-bond donors (Lipinski definition) is 1. The maximum atomic E-state index is 11.7. The quantitative estimate of drug-likeness (QED) is 0.911. The lowest BCUT2D eigenvalue weighted by Gasteiger charge is -2.59.